The molecule has 6 aromatic heterocycles. The first-order valence-electron chi connectivity index (χ1n) is 40.9. The predicted molar refractivity (Wildman–Crippen MR) is 495 cm³/mol. The zero-order valence-electron chi connectivity index (χ0n) is 68.1. The van der Waals surface area contributed by atoms with Crippen LogP contribution in [0.3, 0.4) is 0 Å². The smallest absolute Gasteiger partial charge is 0.227 e. The standard InChI is InChI=1S/C57H36N4O3.C54H45NO3/c1-4-10-52-49(7-1)58-55(62-52)43-19-13-37(14-20-43)40-25-31-46(32-26-40)61(47-33-27-41(28-34-47)38-15-21-44(22-16-38)56-59-50-8-2-5-11-53(50)63-56)48-35-29-42(30-36-48)39-17-23-45(24-18-39)57-60-51-9-3-6-12-54(51)64-57;1-34-28-40(52-10-7-25-56-52)13-19-46(34)49-22-16-43(31-37(49)4)55(44-17-23-50(38(5)32-44)47-20-14-41(29-35(47)2)53-11-8-26-57-53)45-18-24-51(39(6)33-45)48-21-15-42(30-36(48)3)54-12-9-27-58-54/h1-36H;7-33H,1-6H3. The Bertz CT molecular complexity index is 6540. The minimum absolute atomic E-state index is 0.615. The van der Waals surface area contributed by atoms with Crippen LogP contribution < -0.4 is 9.80 Å². The molecule has 15 aromatic carbocycles. The summed E-state index contributed by atoms with van der Waals surface area (Å²) < 4.78 is 35.1. The van der Waals surface area contributed by atoms with Gasteiger partial charge in [0.05, 0.1) is 18.8 Å². The van der Waals surface area contributed by atoms with Gasteiger partial charge < -0.3 is 36.3 Å². The van der Waals surface area contributed by atoms with E-state index < -0.39 is 0 Å². The fraction of sp³-hybridized carbons (Fsp3) is 0.0541. The van der Waals surface area contributed by atoms with Crippen LogP contribution in [0.2, 0.25) is 0 Å². The lowest BCUT2D eigenvalue weighted by atomic mass is 9.92. The molecule has 0 bridgehead atoms. The average molecular weight is 1580 g/mol. The van der Waals surface area contributed by atoms with Gasteiger partial charge in [-0.25, -0.2) is 15.0 Å². The van der Waals surface area contributed by atoms with Gasteiger partial charge in [-0.2, -0.15) is 0 Å². The van der Waals surface area contributed by atoms with E-state index in [4.69, 9.17) is 26.5 Å². The summed E-state index contributed by atoms with van der Waals surface area (Å²) in [6.07, 6.45) is 5.17. The van der Waals surface area contributed by atoms with Crippen LogP contribution in [-0.2, 0) is 0 Å². The number of anilines is 6. The van der Waals surface area contributed by atoms with E-state index in [1.54, 1.807) is 18.8 Å². The van der Waals surface area contributed by atoms with E-state index in [0.29, 0.717) is 17.7 Å². The van der Waals surface area contributed by atoms with E-state index in [-0.39, 0.29) is 0 Å². The van der Waals surface area contributed by atoms with Gasteiger partial charge in [0.25, 0.3) is 0 Å². The van der Waals surface area contributed by atoms with Crippen molar-refractivity contribution in [1.29, 1.82) is 0 Å². The molecule has 0 amide bonds. The average Bonchev–Trinajstić information content (AvgIpc) is 1.24. The third-order valence-corrected chi connectivity index (χ3v) is 23.0. The normalized spacial score (nSPS) is 11.4. The molecule has 0 N–H and O–H groups in total. The Kier molecular flexibility index (Phi) is 19.8. The molecule has 0 aliphatic heterocycles. The predicted octanol–water partition coefficient (Wildman–Crippen LogP) is 31.4. The molecule has 0 aliphatic carbocycles. The van der Waals surface area contributed by atoms with Gasteiger partial charge in [0.15, 0.2) is 16.7 Å². The Hall–Kier alpha value is -15.9. The first-order valence-corrected chi connectivity index (χ1v) is 40.9. The summed E-state index contributed by atoms with van der Waals surface area (Å²) in [5.41, 5.74) is 38.6. The number of furan rings is 3. The number of para-hydroxylation sites is 6. The third-order valence-electron chi connectivity index (χ3n) is 23.0. The van der Waals surface area contributed by atoms with Crippen molar-refractivity contribution in [2.75, 3.05) is 9.80 Å². The molecule has 0 radical (unpaired) electrons. The summed E-state index contributed by atoms with van der Waals surface area (Å²) in [5, 5.41) is 0. The van der Waals surface area contributed by atoms with Gasteiger partial charge in [-0.15, -0.1) is 0 Å². The minimum Gasteiger partial charge on any atom is -0.464 e. The molecule has 0 saturated carbocycles. The number of fused-ring (bicyclic) bond motifs is 3. The van der Waals surface area contributed by atoms with Crippen LogP contribution in [0.1, 0.15) is 33.4 Å². The topological polar surface area (TPSA) is 124 Å². The second-order valence-corrected chi connectivity index (χ2v) is 31.0. The second-order valence-electron chi connectivity index (χ2n) is 31.0. The number of oxazole rings is 3. The van der Waals surface area contributed by atoms with E-state index in [0.717, 1.165) is 151 Å². The summed E-state index contributed by atoms with van der Waals surface area (Å²) >= 11 is 0. The lowest BCUT2D eigenvalue weighted by Crippen LogP contribution is -2.11. The van der Waals surface area contributed by atoms with Gasteiger partial charge in [0.2, 0.25) is 17.7 Å². The zero-order valence-corrected chi connectivity index (χ0v) is 68.1. The Balaban J connectivity index is 0.000000156. The highest BCUT2D eigenvalue weighted by molar-refractivity contribution is 5.89. The van der Waals surface area contributed by atoms with Crippen LogP contribution in [0, 0.1) is 41.5 Å². The molecule has 11 heteroatoms. The van der Waals surface area contributed by atoms with E-state index in [9.17, 15) is 0 Å². The van der Waals surface area contributed by atoms with Crippen LogP contribution in [0.4, 0.5) is 34.1 Å². The third kappa shape index (κ3) is 15.0. The summed E-state index contributed by atoms with van der Waals surface area (Å²) in [7, 11) is 0. The van der Waals surface area contributed by atoms with Gasteiger partial charge in [-0.1, -0.05) is 164 Å². The van der Waals surface area contributed by atoms with Gasteiger partial charge in [-0.05, 0) is 342 Å². The Morgan fingerprint density at radius 2 is 0.402 bits per heavy atom. The lowest BCUT2D eigenvalue weighted by Gasteiger charge is -2.28. The van der Waals surface area contributed by atoms with E-state index in [1.165, 1.54) is 66.8 Å². The van der Waals surface area contributed by atoms with Crippen LogP contribution in [0.25, 0.3) is 168 Å². The zero-order chi connectivity index (χ0) is 82.3. The maximum Gasteiger partial charge on any atom is 0.227 e. The molecule has 0 aliphatic rings. The SMILES string of the molecule is Cc1cc(-c2ccco2)ccc1-c1ccc(N(c2ccc(-c3ccc(-c4ccco4)cc3C)c(C)c2)c2ccc(-c3ccc(-c4ccco4)cc3C)c(C)c2)cc1C.c1ccc2oc(-c3ccc(-c4ccc(N(c5ccc(-c6ccc(-c7nc8ccccc8o7)cc6)cc5)c5ccc(-c6ccc(-c7nc8ccccc8o7)cc6)cc5)cc4)cc3)nc2c1. The van der Waals surface area contributed by atoms with Crippen molar-refractivity contribution in [3.8, 4) is 135 Å². The number of rotatable bonds is 18. The van der Waals surface area contributed by atoms with Crippen molar-refractivity contribution >= 4 is 67.4 Å². The minimum atomic E-state index is 0.615. The van der Waals surface area contributed by atoms with Crippen LogP contribution in [-0.4, -0.2) is 15.0 Å². The van der Waals surface area contributed by atoms with E-state index in [2.05, 4.69) is 321 Å². The van der Waals surface area contributed by atoms with Crippen molar-refractivity contribution in [1.82, 2.24) is 15.0 Å². The van der Waals surface area contributed by atoms with E-state index >= 15 is 0 Å². The molecule has 6 heterocycles. The molecule has 0 atom stereocenters. The summed E-state index contributed by atoms with van der Waals surface area (Å²) in [6, 6.07) is 127. The van der Waals surface area contributed by atoms with Crippen LogP contribution in [0.15, 0.2) is 409 Å². The second kappa shape index (κ2) is 32.2. The number of benzene rings is 15. The number of hydrogen-bond acceptors (Lipinski definition) is 11. The molecule has 21 rings (SSSR count). The Morgan fingerprint density at radius 3 is 0.639 bits per heavy atom. The molecular formula is C111H81N5O6. The van der Waals surface area contributed by atoms with Crippen LogP contribution >= 0.6 is 0 Å². The highest BCUT2D eigenvalue weighted by Crippen LogP contribution is 2.45. The first kappa shape index (κ1) is 74.9. The van der Waals surface area contributed by atoms with Crippen molar-refractivity contribution < 1.29 is 26.5 Å². The van der Waals surface area contributed by atoms with Crippen LogP contribution in [0.5, 0.6) is 0 Å². The maximum absolute atomic E-state index is 6.02. The van der Waals surface area contributed by atoms with Gasteiger partial charge in [0.1, 0.15) is 33.8 Å². The summed E-state index contributed by atoms with van der Waals surface area (Å²) in [5.74, 6) is 4.48. The van der Waals surface area contributed by atoms with Gasteiger partial charge in [0, 0.05) is 67.5 Å². The molecule has 586 valence electrons. The van der Waals surface area contributed by atoms with Crippen molar-refractivity contribution in [3.63, 3.8) is 0 Å². The largest absolute Gasteiger partial charge is 0.464 e. The quantitative estimate of drug-likeness (QED) is 0.0815. The van der Waals surface area contributed by atoms with E-state index in [1.807, 2.05) is 109 Å². The van der Waals surface area contributed by atoms with Gasteiger partial charge in [-0.3, -0.25) is 0 Å². The molecule has 0 unspecified atom stereocenters. The van der Waals surface area contributed by atoms with Crippen molar-refractivity contribution in [2.45, 2.75) is 41.5 Å². The number of aryl methyl sites for hydroxylation is 6. The fourth-order valence-electron chi connectivity index (χ4n) is 16.7. The van der Waals surface area contributed by atoms with Gasteiger partial charge >= 0.3 is 0 Å². The summed E-state index contributed by atoms with van der Waals surface area (Å²) in [4.78, 5) is 18.7. The summed E-state index contributed by atoms with van der Waals surface area (Å²) in [6.45, 7) is 13.2. The van der Waals surface area contributed by atoms with Crippen molar-refractivity contribution in [2.24, 2.45) is 0 Å². The molecule has 0 fully saturated rings. The molecular weight excluding hydrogens is 1500 g/mol. The molecule has 122 heavy (non-hydrogen) atoms. The first-order chi connectivity index (χ1) is 59.9. The molecule has 21 aromatic rings. The Labute approximate surface area is 707 Å². The molecule has 0 saturated heterocycles. The molecule has 0 spiro atoms. The number of nitrogens with zero attached hydrogens (tertiary/aromatic N) is 5. The highest BCUT2D eigenvalue weighted by atomic mass is 16.4. The number of aromatic nitrogens is 3. The fourth-order valence-corrected chi connectivity index (χ4v) is 16.7. The highest BCUT2D eigenvalue weighted by Gasteiger charge is 2.22. The number of hydrogen-bond donors (Lipinski definition) is 0. The monoisotopic (exact) mass is 1580 g/mol. The van der Waals surface area contributed by atoms with Crippen molar-refractivity contribution in [3.05, 3.63) is 416 Å². The molecule has 11 nitrogen and oxygen atoms in total. The maximum atomic E-state index is 6.02. The Morgan fingerprint density at radius 1 is 0.189 bits per heavy atom. The lowest BCUT2D eigenvalue weighted by molar-refractivity contribution is 0.582.